The molecule has 0 aromatic heterocycles. The quantitative estimate of drug-likeness (QED) is 0.907. The molecular weight excluding hydrogens is 263 g/mol. The van der Waals surface area contributed by atoms with E-state index < -0.39 is 5.82 Å². The van der Waals surface area contributed by atoms with Crippen molar-refractivity contribution in [3.63, 3.8) is 0 Å². The lowest BCUT2D eigenvalue weighted by molar-refractivity contribution is 0.609. The highest BCUT2D eigenvalue weighted by atomic mass is 35.5. The Bertz CT molecular complexity index is 647. The Kier molecular flexibility index (Phi) is 4.03. The van der Waals surface area contributed by atoms with Crippen molar-refractivity contribution in [1.29, 1.82) is 5.26 Å². The highest BCUT2D eigenvalue weighted by Crippen LogP contribution is 2.21. The van der Waals surface area contributed by atoms with Crippen molar-refractivity contribution in [2.24, 2.45) is 0 Å². The predicted molar refractivity (Wildman–Crippen MR) is 74.6 cm³/mol. The number of anilines is 1. The van der Waals surface area contributed by atoms with E-state index >= 15 is 0 Å². The molecule has 0 saturated heterocycles. The summed E-state index contributed by atoms with van der Waals surface area (Å²) in [5.74, 6) is -0.475. The third-order valence-corrected chi connectivity index (χ3v) is 3.10. The monoisotopic (exact) mass is 274 g/mol. The van der Waals surface area contributed by atoms with Gasteiger partial charge in [0.15, 0.2) is 0 Å². The maximum absolute atomic E-state index is 13.9. The van der Waals surface area contributed by atoms with Gasteiger partial charge in [-0.15, -0.1) is 0 Å². The Labute approximate surface area is 116 Å². The molecule has 0 bridgehead atoms. The third kappa shape index (κ3) is 3.04. The molecule has 0 amide bonds. The van der Waals surface area contributed by atoms with Gasteiger partial charge in [-0.1, -0.05) is 29.8 Å². The average Bonchev–Trinajstić information content (AvgIpc) is 2.41. The van der Waals surface area contributed by atoms with Gasteiger partial charge >= 0.3 is 0 Å². The Morgan fingerprint density at radius 1 is 1.32 bits per heavy atom. The van der Waals surface area contributed by atoms with Crippen molar-refractivity contribution in [1.82, 2.24) is 0 Å². The van der Waals surface area contributed by atoms with Gasteiger partial charge in [0.1, 0.15) is 11.9 Å². The van der Waals surface area contributed by atoms with Crippen LogP contribution >= 0.6 is 11.6 Å². The predicted octanol–water partition coefficient (Wildman–Crippen LogP) is 4.27. The fraction of sp³-hybridized carbons (Fsp3) is 0.133. The van der Waals surface area contributed by atoms with Crippen LogP contribution in [0.1, 0.15) is 16.7 Å². The molecule has 19 heavy (non-hydrogen) atoms. The summed E-state index contributed by atoms with van der Waals surface area (Å²) in [4.78, 5) is 0. The van der Waals surface area contributed by atoms with Crippen molar-refractivity contribution >= 4 is 17.3 Å². The van der Waals surface area contributed by atoms with E-state index in [0.717, 1.165) is 11.3 Å². The first kappa shape index (κ1) is 13.4. The summed E-state index contributed by atoms with van der Waals surface area (Å²) in [5.41, 5.74) is 2.40. The number of nitrogens with one attached hydrogen (secondary N) is 1. The van der Waals surface area contributed by atoms with Crippen LogP contribution in [0.3, 0.4) is 0 Å². The Morgan fingerprint density at radius 2 is 2.11 bits per heavy atom. The van der Waals surface area contributed by atoms with E-state index in [4.69, 9.17) is 16.9 Å². The average molecular weight is 275 g/mol. The lowest BCUT2D eigenvalue weighted by Crippen LogP contribution is -2.04. The first-order valence-corrected chi connectivity index (χ1v) is 6.17. The van der Waals surface area contributed by atoms with Gasteiger partial charge in [-0.3, -0.25) is 0 Å². The number of hydrogen-bond acceptors (Lipinski definition) is 2. The Morgan fingerprint density at radius 3 is 2.84 bits per heavy atom. The molecule has 0 atom stereocenters. The molecule has 2 aromatic rings. The number of rotatable bonds is 3. The molecule has 2 nitrogen and oxygen atoms in total. The molecule has 0 aliphatic heterocycles. The van der Waals surface area contributed by atoms with Crippen LogP contribution < -0.4 is 5.32 Å². The summed E-state index contributed by atoms with van der Waals surface area (Å²) >= 11 is 5.92. The second-order valence-corrected chi connectivity index (χ2v) is 4.64. The van der Waals surface area contributed by atoms with Crippen molar-refractivity contribution in [2.45, 2.75) is 13.5 Å². The van der Waals surface area contributed by atoms with E-state index in [9.17, 15) is 4.39 Å². The van der Waals surface area contributed by atoms with Crippen LogP contribution in [0.4, 0.5) is 10.1 Å². The van der Waals surface area contributed by atoms with Gasteiger partial charge in [0, 0.05) is 22.8 Å². The fourth-order valence-corrected chi connectivity index (χ4v) is 1.95. The highest BCUT2D eigenvalue weighted by molar-refractivity contribution is 6.30. The van der Waals surface area contributed by atoms with E-state index in [1.54, 1.807) is 24.3 Å². The molecule has 0 aliphatic rings. The maximum Gasteiger partial charge on any atom is 0.145 e. The number of aryl methyl sites for hydroxylation is 1. The third-order valence-electron chi connectivity index (χ3n) is 2.87. The summed E-state index contributed by atoms with van der Waals surface area (Å²) in [6.45, 7) is 2.25. The van der Waals surface area contributed by atoms with Crippen LogP contribution in [0.15, 0.2) is 36.4 Å². The molecule has 2 aromatic carbocycles. The van der Waals surface area contributed by atoms with Gasteiger partial charge in [-0.05, 0) is 30.7 Å². The maximum atomic E-state index is 13.9. The molecule has 1 N–H and O–H groups in total. The van der Waals surface area contributed by atoms with Gasteiger partial charge < -0.3 is 5.32 Å². The Balaban J connectivity index is 2.20. The van der Waals surface area contributed by atoms with Crippen LogP contribution in [0, 0.1) is 24.1 Å². The molecule has 4 heteroatoms. The lowest BCUT2D eigenvalue weighted by atomic mass is 10.1. The van der Waals surface area contributed by atoms with Crippen LogP contribution in [-0.2, 0) is 6.54 Å². The number of hydrogen-bond donors (Lipinski definition) is 1. The summed E-state index contributed by atoms with van der Waals surface area (Å²) in [6, 6.07) is 12.1. The van der Waals surface area contributed by atoms with Crippen molar-refractivity contribution in [2.75, 3.05) is 5.32 Å². The van der Waals surface area contributed by atoms with Crippen LogP contribution in [0.5, 0.6) is 0 Å². The first-order chi connectivity index (χ1) is 9.11. The molecule has 0 saturated carbocycles. The molecule has 0 aliphatic carbocycles. The highest BCUT2D eigenvalue weighted by Gasteiger charge is 2.07. The lowest BCUT2D eigenvalue weighted by Gasteiger charge is -2.11. The molecule has 0 unspecified atom stereocenters. The molecule has 0 radical (unpaired) electrons. The van der Waals surface area contributed by atoms with E-state index in [0.29, 0.717) is 17.1 Å². The van der Waals surface area contributed by atoms with E-state index in [1.807, 2.05) is 19.1 Å². The summed E-state index contributed by atoms with van der Waals surface area (Å²) < 4.78 is 13.9. The minimum Gasteiger partial charge on any atom is -0.381 e. The number of nitrogens with zero attached hydrogens (tertiary/aromatic N) is 1. The molecule has 0 spiro atoms. The zero-order chi connectivity index (χ0) is 13.8. The van der Waals surface area contributed by atoms with Crippen LogP contribution in [0.25, 0.3) is 0 Å². The zero-order valence-electron chi connectivity index (χ0n) is 10.4. The fourth-order valence-electron chi connectivity index (χ4n) is 1.78. The van der Waals surface area contributed by atoms with Gasteiger partial charge in [0.05, 0.1) is 5.56 Å². The standard InChI is InChI=1S/C15H12ClFN2/c1-10-5-6-13(16)7-14(10)19-9-12-4-2-3-11(8-18)15(12)17/h2-7,19H,9H2,1H3. The van der Waals surface area contributed by atoms with Gasteiger partial charge in [-0.25, -0.2) is 4.39 Å². The SMILES string of the molecule is Cc1ccc(Cl)cc1NCc1cccc(C#N)c1F. The molecule has 0 fully saturated rings. The van der Waals surface area contributed by atoms with Crippen molar-refractivity contribution in [3.05, 3.63) is 63.9 Å². The van der Waals surface area contributed by atoms with E-state index in [-0.39, 0.29) is 5.56 Å². The largest absolute Gasteiger partial charge is 0.381 e. The van der Waals surface area contributed by atoms with E-state index in [1.165, 1.54) is 6.07 Å². The van der Waals surface area contributed by atoms with Crippen molar-refractivity contribution in [3.8, 4) is 6.07 Å². The van der Waals surface area contributed by atoms with Crippen LogP contribution in [-0.4, -0.2) is 0 Å². The van der Waals surface area contributed by atoms with Gasteiger partial charge in [0.25, 0.3) is 0 Å². The minimum atomic E-state index is -0.475. The Hall–Kier alpha value is -2.05. The number of halogens is 2. The van der Waals surface area contributed by atoms with Crippen LogP contribution in [0.2, 0.25) is 5.02 Å². The minimum absolute atomic E-state index is 0.0575. The number of nitriles is 1. The molecule has 2 rings (SSSR count). The second-order valence-electron chi connectivity index (χ2n) is 4.20. The zero-order valence-corrected chi connectivity index (χ0v) is 11.1. The second kappa shape index (κ2) is 5.73. The number of benzene rings is 2. The van der Waals surface area contributed by atoms with Crippen molar-refractivity contribution < 1.29 is 4.39 Å². The summed E-state index contributed by atoms with van der Waals surface area (Å²) in [6.07, 6.45) is 0. The van der Waals surface area contributed by atoms with E-state index in [2.05, 4.69) is 5.32 Å². The molecular formula is C15H12ClFN2. The van der Waals surface area contributed by atoms with Gasteiger partial charge in [0.2, 0.25) is 0 Å². The normalized spacial score (nSPS) is 10.0. The molecule has 96 valence electrons. The smallest absolute Gasteiger partial charge is 0.145 e. The first-order valence-electron chi connectivity index (χ1n) is 5.79. The van der Waals surface area contributed by atoms with Gasteiger partial charge in [-0.2, -0.15) is 5.26 Å². The summed E-state index contributed by atoms with van der Waals surface area (Å²) in [5, 5.41) is 12.5. The topological polar surface area (TPSA) is 35.8 Å². The molecule has 0 heterocycles. The summed E-state index contributed by atoms with van der Waals surface area (Å²) in [7, 11) is 0.